The van der Waals surface area contributed by atoms with Crippen molar-refractivity contribution in [1.82, 2.24) is 16.0 Å². The molecule has 1 fully saturated rings. The van der Waals surface area contributed by atoms with Crippen LogP contribution in [-0.4, -0.2) is 41.5 Å². The molecular weight excluding hydrogens is 218 g/mol. The van der Waals surface area contributed by atoms with Gasteiger partial charge in [-0.2, -0.15) is 0 Å². The van der Waals surface area contributed by atoms with Gasteiger partial charge in [0.25, 0.3) is 0 Å². The molecule has 4 N–H and O–H groups in total. The van der Waals surface area contributed by atoms with Crippen LogP contribution in [0.1, 0.15) is 12.8 Å². The van der Waals surface area contributed by atoms with Crippen LogP contribution >= 0.6 is 0 Å². The molecule has 0 saturated carbocycles. The second kappa shape index (κ2) is 5.10. The Hall–Kier alpha value is -2.12. The molecule has 1 aliphatic heterocycles. The van der Waals surface area contributed by atoms with Gasteiger partial charge in [0.2, 0.25) is 11.8 Å². The number of urea groups is 1. The molecule has 0 aromatic heterocycles. The van der Waals surface area contributed by atoms with Crippen molar-refractivity contribution in [3.8, 4) is 0 Å². The molecule has 1 atom stereocenters. The van der Waals surface area contributed by atoms with Gasteiger partial charge in [-0.15, -0.1) is 0 Å². The Morgan fingerprint density at radius 1 is 1.44 bits per heavy atom. The molecule has 88 valence electrons. The Kier molecular flexibility index (Phi) is 3.81. The van der Waals surface area contributed by atoms with E-state index >= 15 is 0 Å². The highest BCUT2D eigenvalue weighted by atomic mass is 16.4. The van der Waals surface area contributed by atoms with Crippen LogP contribution in [0.15, 0.2) is 0 Å². The molecule has 0 spiro atoms. The van der Waals surface area contributed by atoms with Crippen molar-refractivity contribution >= 4 is 23.8 Å². The predicted octanol–water partition coefficient (Wildman–Crippen LogP) is -1.82. The molecule has 1 saturated heterocycles. The van der Waals surface area contributed by atoms with Gasteiger partial charge < -0.3 is 15.7 Å². The van der Waals surface area contributed by atoms with Gasteiger partial charge in [0.1, 0.15) is 12.6 Å². The van der Waals surface area contributed by atoms with E-state index in [1.165, 1.54) is 0 Å². The second-order valence-electron chi connectivity index (χ2n) is 3.22. The average molecular weight is 229 g/mol. The van der Waals surface area contributed by atoms with E-state index in [9.17, 15) is 19.2 Å². The zero-order chi connectivity index (χ0) is 12.1. The maximum absolute atomic E-state index is 11.2. The van der Waals surface area contributed by atoms with E-state index in [1.807, 2.05) is 5.32 Å². The van der Waals surface area contributed by atoms with Crippen molar-refractivity contribution < 1.29 is 24.3 Å². The van der Waals surface area contributed by atoms with Gasteiger partial charge in [-0.25, -0.2) is 4.79 Å². The number of carbonyl (C=O) groups is 4. The highest BCUT2D eigenvalue weighted by Gasteiger charge is 2.27. The minimum absolute atomic E-state index is 0.148. The minimum atomic E-state index is -1.18. The molecule has 1 aliphatic rings. The lowest BCUT2D eigenvalue weighted by atomic mass is 10.1. The van der Waals surface area contributed by atoms with E-state index < -0.39 is 30.5 Å². The van der Waals surface area contributed by atoms with Gasteiger partial charge in [0.05, 0.1) is 0 Å². The molecule has 8 nitrogen and oxygen atoms in total. The fourth-order valence-corrected chi connectivity index (χ4v) is 1.20. The Morgan fingerprint density at radius 2 is 2.12 bits per heavy atom. The average Bonchev–Trinajstić information content (AvgIpc) is 2.19. The molecule has 0 aliphatic carbocycles. The third-order valence-corrected chi connectivity index (χ3v) is 1.94. The summed E-state index contributed by atoms with van der Waals surface area (Å²) in [6, 6.07) is -1.55. The summed E-state index contributed by atoms with van der Waals surface area (Å²) in [6.45, 7) is -0.529. The topological polar surface area (TPSA) is 125 Å². The number of carboxylic acid groups (broad SMARTS) is 1. The van der Waals surface area contributed by atoms with Gasteiger partial charge in [0, 0.05) is 6.42 Å². The lowest BCUT2D eigenvalue weighted by molar-refractivity contribution is -0.136. The first kappa shape index (κ1) is 12.0. The van der Waals surface area contributed by atoms with Crippen LogP contribution in [0.5, 0.6) is 0 Å². The predicted molar refractivity (Wildman–Crippen MR) is 50.3 cm³/mol. The summed E-state index contributed by atoms with van der Waals surface area (Å²) in [4.78, 5) is 43.2. The first-order valence-corrected chi connectivity index (χ1v) is 4.59. The SMILES string of the molecule is O=C(O)CNC(=O)NC1CCC(=O)NC1=O. The molecule has 0 aromatic rings. The van der Waals surface area contributed by atoms with Gasteiger partial charge in [0.15, 0.2) is 0 Å². The lowest BCUT2D eigenvalue weighted by Crippen LogP contribution is -2.54. The normalized spacial score (nSPS) is 19.9. The monoisotopic (exact) mass is 229 g/mol. The number of aliphatic carboxylic acids is 1. The smallest absolute Gasteiger partial charge is 0.323 e. The summed E-state index contributed by atoms with van der Waals surface area (Å²) in [5.74, 6) is -2.14. The molecule has 0 aromatic carbocycles. The summed E-state index contributed by atoms with van der Waals surface area (Å²) < 4.78 is 0. The van der Waals surface area contributed by atoms with Crippen LogP contribution in [0.25, 0.3) is 0 Å². The van der Waals surface area contributed by atoms with Crippen molar-refractivity contribution in [2.45, 2.75) is 18.9 Å². The summed E-state index contributed by atoms with van der Waals surface area (Å²) in [5.41, 5.74) is 0. The fourth-order valence-electron chi connectivity index (χ4n) is 1.20. The molecule has 4 amide bonds. The fraction of sp³-hybridized carbons (Fsp3) is 0.500. The maximum Gasteiger partial charge on any atom is 0.323 e. The van der Waals surface area contributed by atoms with Crippen molar-refractivity contribution in [1.29, 1.82) is 0 Å². The van der Waals surface area contributed by atoms with Crippen LogP contribution in [0.2, 0.25) is 0 Å². The van der Waals surface area contributed by atoms with Crippen LogP contribution in [0.4, 0.5) is 4.79 Å². The standard InChI is InChI=1S/C8H11N3O5/c12-5-2-1-4(7(15)11-5)10-8(16)9-3-6(13)14/h4H,1-3H2,(H,13,14)(H2,9,10,16)(H,11,12,15). The third kappa shape index (κ3) is 3.56. The van der Waals surface area contributed by atoms with Gasteiger partial charge >= 0.3 is 12.0 Å². The van der Waals surface area contributed by atoms with Crippen LogP contribution in [0.3, 0.4) is 0 Å². The summed E-state index contributed by atoms with van der Waals surface area (Å²) >= 11 is 0. The van der Waals surface area contributed by atoms with E-state index in [-0.39, 0.29) is 18.7 Å². The third-order valence-electron chi connectivity index (χ3n) is 1.94. The molecule has 1 rings (SSSR count). The minimum Gasteiger partial charge on any atom is -0.480 e. The Balaban J connectivity index is 2.36. The number of piperidine rings is 1. The van der Waals surface area contributed by atoms with E-state index in [0.717, 1.165) is 0 Å². The van der Waals surface area contributed by atoms with Crippen LogP contribution < -0.4 is 16.0 Å². The number of hydrogen-bond donors (Lipinski definition) is 4. The molecule has 0 radical (unpaired) electrons. The first-order chi connectivity index (χ1) is 7.49. The first-order valence-electron chi connectivity index (χ1n) is 4.59. The largest absolute Gasteiger partial charge is 0.480 e. The van der Waals surface area contributed by atoms with E-state index in [2.05, 4.69) is 10.6 Å². The molecule has 1 heterocycles. The number of hydrogen-bond acceptors (Lipinski definition) is 4. The Labute approximate surface area is 90.4 Å². The number of carboxylic acids is 1. The van der Waals surface area contributed by atoms with Crippen LogP contribution in [0, 0.1) is 0 Å². The summed E-state index contributed by atoms with van der Waals surface area (Å²) in [6.07, 6.45) is 0.362. The number of rotatable bonds is 3. The lowest BCUT2D eigenvalue weighted by Gasteiger charge is -2.21. The molecule has 1 unspecified atom stereocenters. The summed E-state index contributed by atoms with van der Waals surface area (Å²) in [7, 11) is 0. The number of nitrogens with one attached hydrogen (secondary N) is 3. The second-order valence-corrected chi connectivity index (χ2v) is 3.22. The van der Waals surface area contributed by atoms with Gasteiger partial charge in [-0.3, -0.25) is 19.7 Å². The van der Waals surface area contributed by atoms with Crippen molar-refractivity contribution in [2.24, 2.45) is 0 Å². The van der Waals surface area contributed by atoms with Gasteiger partial charge in [-0.1, -0.05) is 0 Å². The van der Waals surface area contributed by atoms with E-state index in [0.29, 0.717) is 0 Å². The summed E-state index contributed by atoms with van der Waals surface area (Å²) in [5, 5.41) is 14.7. The van der Waals surface area contributed by atoms with E-state index in [4.69, 9.17) is 5.11 Å². The van der Waals surface area contributed by atoms with Crippen LogP contribution in [-0.2, 0) is 14.4 Å². The van der Waals surface area contributed by atoms with Gasteiger partial charge in [-0.05, 0) is 6.42 Å². The molecule has 8 heteroatoms. The van der Waals surface area contributed by atoms with E-state index in [1.54, 1.807) is 0 Å². The highest BCUT2D eigenvalue weighted by molar-refractivity contribution is 6.01. The zero-order valence-corrected chi connectivity index (χ0v) is 8.28. The number of imide groups is 1. The zero-order valence-electron chi connectivity index (χ0n) is 8.28. The number of carbonyl (C=O) groups excluding carboxylic acids is 3. The van der Waals surface area contributed by atoms with Crippen molar-refractivity contribution in [3.63, 3.8) is 0 Å². The molecular formula is C8H11N3O5. The molecule has 16 heavy (non-hydrogen) atoms. The Bertz CT molecular complexity index is 341. The van der Waals surface area contributed by atoms with Crippen molar-refractivity contribution in [3.05, 3.63) is 0 Å². The Morgan fingerprint density at radius 3 is 2.69 bits per heavy atom. The molecule has 0 bridgehead atoms. The van der Waals surface area contributed by atoms with Crippen molar-refractivity contribution in [2.75, 3.05) is 6.54 Å². The number of amides is 4. The maximum atomic E-state index is 11.2. The quantitative estimate of drug-likeness (QED) is 0.424. The highest BCUT2D eigenvalue weighted by Crippen LogP contribution is 2.03.